The summed E-state index contributed by atoms with van der Waals surface area (Å²) in [7, 11) is 1.22. The van der Waals surface area contributed by atoms with Gasteiger partial charge in [-0.15, -0.1) is 0 Å². The van der Waals surface area contributed by atoms with Crippen LogP contribution in [0.4, 0.5) is 15.2 Å². The SMILES string of the molecule is COC(=O)/C=C1\C(=O)N(c2nc3ccc(C)cc3s2)C(=S)N1c1ccc(F)cc1. The highest BCUT2D eigenvalue weighted by molar-refractivity contribution is 7.81. The minimum absolute atomic E-state index is 0.00361. The fourth-order valence-electron chi connectivity index (χ4n) is 2.92. The number of thiocarbonyl (C=S) groups is 1. The fourth-order valence-corrected chi connectivity index (χ4v) is 4.42. The van der Waals surface area contributed by atoms with E-state index in [-0.39, 0.29) is 10.8 Å². The van der Waals surface area contributed by atoms with Crippen LogP contribution in [0.25, 0.3) is 10.2 Å². The Morgan fingerprint density at radius 1 is 1.21 bits per heavy atom. The molecule has 1 amide bonds. The van der Waals surface area contributed by atoms with Gasteiger partial charge in [-0.05, 0) is 61.1 Å². The molecule has 0 radical (unpaired) electrons. The number of fused-ring (bicyclic) bond motifs is 1. The van der Waals surface area contributed by atoms with E-state index in [4.69, 9.17) is 12.2 Å². The van der Waals surface area contributed by atoms with Gasteiger partial charge >= 0.3 is 5.97 Å². The van der Waals surface area contributed by atoms with E-state index in [1.54, 1.807) is 0 Å². The highest BCUT2D eigenvalue weighted by atomic mass is 32.1. The van der Waals surface area contributed by atoms with Crippen LogP contribution in [0.2, 0.25) is 0 Å². The normalized spacial score (nSPS) is 15.6. The Morgan fingerprint density at radius 3 is 2.62 bits per heavy atom. The number of benzene rings is 2. The van der Waals surface area contributed by atoms with Crippen LogP contribution in [0.15, 0.2) is 54.2 Å². The number of esters is 1. The smallest absolute Gasteiger partial charge is 0.332 e. The Kier molecular flexibility index (Phi) is 4.85. The third kappa shape index (κ3) is 3.39. The molecule has 0 aliphatic carbocycles. The molecule has 2 aromatic carbocycles. The summed E-state index contributed by atoms with van der Waals surface area (Å²) in [6.45, 7) is 1.97. The van der Waals surface area contributed by atoms with E-state index in [1.165, 1.54) is 52.5 Å². The van der Waals surface area contributed by atoms with Crippen LogP contribution in [0, 0.1) is 12.7 Å². The lowest BCUT2D eigenvalue weighted by Gasteiger charge is -2.19. The molecule has 0 spiro atoms. The summed E-state index contributed by atoms with van der Waals surface area (Å²) < 4.78 is 19.0. The van der Waals surface area contributed by atoms with Crippen LogP contribution in [0.5, 0.6) is 0 Å². The second kappa shape index (κ2) is 7.34. The molecule has 1 saturated heterocycles. The van der Waals surface area contributed by atoms with Crippen LogP contribution >= 0.6 is 23.6 Å². The molecule has 1 aliphatic rings. The van der Waals surface area contributed by atoms with Crippen molar-refractivity contribution in [1.82, 2.24) is 4.98 Å². The zero-order valence-electron chi connectivity index (χ0n) is 15.4. The lowest BCUT2D eigenvalue weighted by Crippen LogP contribution is -2.32. The third-order valence-electron chi connectivity index (χ3n) is 4.31. The van der Waals surface area contributed by atoms with Crippen molar-refractivity contribution in [3.8, 4) is 0 Å². The van der Waals surface area contributed by atoms with Gasteiger partial charge in [0, 0.05) is 5.69 Å². The molecule has 29 heavy (non-hydrogen) atoms. The topological polar surface area (TPSA) is 62.7 Å². The van der Waals surface area contributed by atoms with Crippen molar-refractivity contribution in [3.05, 3.63) is 65.6 Å². The highest BCUT2D eigenvalue weighted by Gasteiger charge is 2.42. The monoisotopic (exact) mass is 427 g/mol. The molecular formula is C20H14FN3O3S2. The number of aryl methyl sites for hydroxylation is 1. The number of halogens is 1. The standard InChI is InChI=1S/C20H14FN3O3S2/c1-11-3-8-14-16(9-11)29-19(22-14)24-18(26)15(10-17(25)27-2)23(20(24)28)13-6-4-12(21)5-7-13/h3-10H,1-2H3/b15-10+. The van der Waals surface area contributed by atoms with Gasteiger partial charge in [-0.25, -0.2) is 19.1 Å². The molecule has 1 aliphatic heterocycles. The summed E-state index contributed by atoms with van der Waals surface area (Å²) in [5, 5.41) is 0.508. The molecule has 0 unspecified atom stereocenters. The minimum atomic E-state index is -0.704. The van der Waals surface area contributed by atoms with Crippen LogP contribution in [-0.2, 0) is 14.3 Å². The van der Waals surface area contributed by atoms with Crippen LogP contribution < -0.4 is 9.80 Å². The average Bonchev–Trinajstić information content (AvgIpc) is 3.20. The quantitative estimate of drug-likeness (QED) is 0.359. The van der Waals surface area contributed by atoms with Crippen LogP contribution in [0.1, 0.15) is 5.56 Å². The largest absolute Gasteiger partial charge is 0.466 e. The Hall–Kier alpha value is -3.17. The first-order valence-corrected chi connectivity index (χ1v) is 9.72. The molecular weight excluding hydrogens is 413 g/mol. The molecule has 0 bridgehead atoms. The van der Waals surface area contributed by atoms with E-state index in [2.05, 4.69) is 9.72 Å². The number of anilines is 2. The summed E-state index contributed by atoms with van der Waals surface area (Å²) in [5.41, 5.74) is 2.26. The highest BCUT2D eigenvalue weighted by Crippen LogP contribution is 2.36. The molecule has 0 N–H and O–H groups in total. The molecule has 1 fully saturated rings. The fraction of sp³-hybridized carbons (Fsp3) is 0.100. The van der Waals surface area contributed by atoms with Gasteiger partial charge in [0.25, 0.3) is 5.91 Å². The summed E-state index contributed by atoms with van der Waals surface area (Å²) in [4.78, 5) is 32.2. The molecule has 1 aromatic heterocycles. The first-order chi connectivity index (χ1) is 13.9. The maximum atomic E-state index is 13.4. The first kappa shape index (κ1) is 19.2. The predicted molar refractivity (Wildman–Crippen MR) is 113 cm³/mol. The number of carbonyl (C=O) groups excluding carboxylic acids is 2. The van der Waals surface area contributed by atoms with Gasteiger partial charge in [0.05, 0.1) is 23.4 Å². The predicted octanol–water partition coefficient (Wildman–Crippen LogP) is 3.94. The third-order valence-corrected chi connectivity index (χ3v) is 5.68. The second-order valence-corrected chi connectivity index (χ2v) is 7.63. The maximum Gasteiger partial charge on any atom is 0.332 e. The Bertz CT molecular complexity index is 1190. The van der Waals surface area contributed by atoms with Gasteiger partial charge < -0.3 is 4.74 Å². The van der Waals surface area contributed by atoms with E-state index in [1.807, 2.05) is 25.1 Å². The van der Waals surface area contributed by atoms with E-state index in [0.29, 0.717) is 10.8 Å². The molecule has 0 saturated carbocycles. The summed E-state index contributed by atoms with van der Waals surface area (Å²) in [6, 6.07) is 11.2. The molecule has 9 heteroatoms. The molecule has 4 rings (SSSR count). The van der Waals surface area contributed by atoms with E-state index in [9.17, 15) is 14.0 Å². The van der Waals surface area contributed by atoms with Crippen LogP contribution in [0.3, 0.4) is 0 Å². The van der Waals surface area contributed by atoms with Crippen molar-refractivity contribution in [2.75, 3.05) is 16.9 Å². The molecule has 146 valence electrons. The van der Waals surface area contributed by atoms with Gasteiger partial charge in [-0.2, -0.15) is 0 Å². The van der Waals surface area contributed by atoms with Gasteiger partial charge in [-0.1, -0.05) is 17.4 Å². The molecule has 2 heterocycles. The van der Waals surface area contributed by atoms with Gasteiger partial charge in [0.1, 0.15) is 11.5 Å². The number of thiazole rings is 1. The van der Waals surface area contributed by atoms with E-state index >= 15 is 0 Å². The molecule has 3 aromatic rings. The Labute approximate surface area is 174 Å². The summed E-state index contributed by atoms with van der Waals surface area (Å²) in [6.07, 6.45) is 1.06. The van der Waals surface area contributed by atoms with E-state index in [0.717, 1.165) is 21.9 Å². The van der Waals surface area contributed by atoms with Gasteiger partial charge in [0.2, 0.25) is 0 Å². The van der Waals surface area contributed by atoms with Crippen molar-refractivity contribution >= 4 is 61.6 Å². The Balaban J connectivity index is 1.83. The first-order valence-electron chi connectivity index (χ1n) is 8.50. The number of amides is 1. The number of methoxy groups -OCH3 is 1. The lowest BCUT2D eigenvalue weighted by atomic mass is 10.2. The zero-order valence-corrected chi connectivity index (χ0v) is 17.0. The number of ether oxygens (including phenoxy) is 1. The van der Waals surface area contributed by atoms with Crippen molar-refractivity contribution in [1.29, 1.82) is 0 Å². The summed E-state index contributed by atoms with van der Waals surface area (Å²) >= 11 is 6.86. The van der Waals surface area contributed by atoms with E-state index < -0.39 is 17.7 Å². The molecule has 0 atom stereocenters. The van der Waals surface area contributed by atoms with Crippen molar-refractivity contribution in [2.45, 2.75) is 6.92 Å². The van der Waals surface area contributed by atoms with Gasteiger partial charge in [0.15, 0.2) is 10.2 Å². The number of carbonyl (C=O) groups is 2. The maximum absolute atomic E-state index is 13.4. The van der Waals surface area contributed by atoms with Crippen LogP contribution in [-0.4, -0.2) is 29.1 Å². The van der Waals surface area contributed by atoms with Crippen molar-refractivity contribution in [3.63, 3.8) is 0 Å². The number of aromatic nitrogens is 1. The second-order valence-electron chi connectivity index (χ2n) is 6.26. The van der Waals surface area contributed by atoms with Crippen molar-refractivity contribution in [2.24, 2.45) is 0 Å². The Morgan fingerprint density at radius 2 is 1.93 bits per heavy atom. The number of hydrogen-bond acceptors (Lipinski definition) is 6. The number of nitrogens with zero attached hydrogens (tertiary/aromatic N) is 3. The number of rotatable bonds is 3. The lowest BCUT2D eigenvalue weighted by molar-refractivity contribution is -0.135. The average molecular weight is 427 g/mol. The number of hydrogen-bond donors (Lipinski definition) is 0. The van der Waals surface area contributed by atoms with Crippen molar-refractivity contribution < 1.29 is 18.7 Å². The molecule has 6 nitrogen and oxygen atoms in total. The summed E-state index contributed by atoms with van der Waals surface area (Å²) in [5.74, 6) is -1.65. The zero-order chi connectivity index (χ0) is 20.7. The minimum Gasteiger partial charge on any atom is -0.466 e. The van der Waals surface area contributed by atoms with Gasteiger partial charge in [-0.3, -0.25) is 9.69 Å².